The summed E-state index contributed by atoms with van der Waals surface area (Å²) in [4.78, 5) is 26.2. The summed E-state index contributed by atoms with van der Waals surface area (Å²) in [7, 11) is 0. The summed E-state index contributed by atoms with van der Waals surface area (Å²) in [6.07, 6.45) is 3.42. The Morgan fingerprint density at radius 3 is 2.65 bits per heavy atom. The molecule has 0 saturated heterocycles. The number of amidine groups is 1. The van der Waals surface area contributed by atoms with Crippen LogP contribution in [0, 0.1) is 11.5 Å². The zero-order valence-electron chi connectivity index (χ0n) is 10.8. The first-order valence-electron chi connectivity index (χ1n) is 5.40. The van der Waals surface area contributed by atoms with Gasteiger partial charge in [0.2, 0.25) is 5.91 Å². The fourth-order valence-corrected chi connectivity index (χ4v) is 1.71. The molecule has 0 saturated carbocycles. The highest BCUT2D eigenvalue weighted by atomic mass is 32.2. The lowest BCUT2D eigenvalue weighted by molar-refractivity contribution is -0.114. The molecule has 1 amide bonds. The fraction of sp³-hybridized carbons (Fsp3) is 0.167. The fourth-order valence-electron chi connectivity index (χ4n) is 1.37. The van der Waals surface area contributed by atoms with Gasteiger partial charge in [-0.25, -0.2) is 9.79 Å². The topological polar surface area (TPSA) is 115 Å². The summed E-state index contributed by atoms with van der Waals surface area (Å²) in [5, 5.41) is 22.8. The number of nitrogens with one attached hydrogen (secondary N) is 2. The van der Waals surface area contributed by atoms with E-state index in [1.54, 1.807) is 12.4 Å². The van der Waals surface area contributed by atoms with Gasteiger partial charge in [0, 0.05) is 12.6 Å². The lowest BCUT2D eigenvalue weighted by atomic mass is 10.1. The van der Waals surface area contributed by atoms with Gasteiger partial charge in [-0.3, -0.25) is 10.1 Å². The molecule has 0 heterocycles. The highest BCUT2D eigenvalue weighted by Crippen LogP contribution is 2.24. The van der Waals surface area contributed by atoms with E-state index in [1.807, 2.05) is 0 Å². The van der Waals surface area contributed by atoms with Crippen molar-refractivity contribution in [3.05, 3.63) is 23.8 Å². The summed E-state index contributed by atoms with van der Waals surface area (Å²) in [6, 6.07) is 4.31. The van der Waals surface area contributed by atoms with Crippen molar-refractivity contribution in [3.8, 4) is 6.19 Å². The van der Waals surface area contributed by atoms with Crippen LogP contribution in [0.1, 0.15) is 17.3 Å². The third-order valence-electron chi connectivity index (χ3n) is 2.13. The Morgan fingerprint density at radius 1 is 1.45 bits per heavy atom. The van der Waals surface area contributed by atoms with E-state index < -0.39 is 5.97 Å². The SMILES string of the molecule is CSC(=Nc1ccc(NC(C)=O)cc1C(=O)O)NC#N. The third kappa shape index (κ3) is 4.29. The predicted molar refractivity (Wildman–Crippen MR) is 77.1 cm³/mol. The number of hydrogen-bond acceptors (Lipinski definition) is 5. The maximum absolute atomic E-state index is 11.2. The number of anilines is 1. The first kappa shape index (κ1) is 15.5. The van der Waals surface area contributed by atoms with Crippen molar-refractivity contribution in [2.45, 2.75) is 6.92 Å². The number of carbonyl (C=O) groups excluding carboxylic acids is 1. The number of rotatable bonds is 3. The van der Waals surface area contributed by atoms with Crippen LogP contribution >= 0.6 is 11.8 Å². The highest BCUT2D eigenvalue weighted by Gasteiger charge is 2.12. The van der Waals surface area contributed by atoms with Gasteiger partial charge < -0.3 is 10.4 Å². The number of thioether (sulfide) groups is 1. The van der Waals surface area contributed by atoms with Crippen LogP contribution in [0.2, 0.25) is 0 Å². The van der Waals surface area contributed by atoms with Crippen molar-refractivity contribution in [3.63, 3.8) is 0 Å². The largest absolute Gasteiger partial charge is 0.478 e. The van der Waals surface area contributed by atoms with Gasteiger partial charge in [0.05, 0.1) is 11.3 Å². The molecule has 0 aliphatic carbocycles. The Labute approximate surface area is 119 Å². The second kappa shape index (κ2) is 7.16. The Hall–Kier alpha value is -2.53. The van der Waals surface area contributed by atoms with Gasteiger partial charge in [-0.1, -0.05) is 11.8 Å². The highest BCUT2D eigenvalue weighted by molar-refractivity contribution is 8.13. The van der Waals surface area contributed by atoms with E-state index in [1.165, 1.54) is 36.9 Å². The van der Waals surface area contributed by atoms with Gasteiger partial charge in [0.15, 0.2) is 11.4 Å². The minimum Gasteiger partial charge on any atom is -0.478 e. The average molecular weight is 292 g/mol. The molecule has 0 bridgehead atoms. The number of aliphatic imine (C=N–C) groups is 1. The smallest absolute Gasteiger partial charge is 0.337 e. The van der Waals surface area contributed by atoms with E-state index in [2.05, 4.69) is 15.6 Å². The number of hydrogen-bond donors (Lipinski definition) is 3. The van der Waals surface area contributed by atoms with Crippen molar-refractivity contribution < 1.29 is 14.7 Å². The van der Waals surface area contributed by atoms with Gasteiger partial charge in [-0.2, -0.15) is 5.26 Å². The van der Waals surface area contributed by atoms with Crippen molar-refractivity contribution in [1.82, 2.24) is 5.32 Å². The van der Waals surface area contributed by atoms with Crippen LogP contribution < -0.4 is 10.6 Å². The zero-order valence-corrected chi connectivity index (χ0v) is 11.6. The maximum Gasteiger partial charge on any atom is 0.337 e. The van der Waals surface area contributed by atoms with Crippen LogP contribution in [0.5, 0.6) is 0 Å². The number of nitriles is 1. The Morgan fingerprint density at radius 2 is 2.15 bits per heavy atom. The van der Waals surface area contributed by atoms with Crippen LogP contribution in [-0.2, 0) is 4.79 Å². The molecule has 8 heteroatoms. The lowest BCUT2D eigenvalue weighted by Crippen LogP contribution is -2.13. The Balaban J connectivity index is 3.23. The van der Waals surface area contributed by atoms with E-state index in [9.17, 15) is 9.59 Å². The molecule has 0 radical (unpaired) electrons. The molecule has 3 N–H and O–H groups in total. The normalized spacial score (nSPS) is 10.6. The average Bonchev–Trinajstić information content (AvgIpc) is 2.38. The molecule has 1 aromatic rings. The van der Waals surface area contributed by atoms with Crippen molar-refractivity contribution in [2.75, 3.05) is 11.6 Å². The molecular formula is C12H12N4O3S. The number of carbonyl (C=O) groups is 2. The molecule has 1 aromatic carbocycles. The second-order valence-electron chi connectivity index (χ2n) is 3.58. The van der Waals surface area contributed by atoms with E-state index in [0.717, 1.165) is 0 Å². The number of carboxylic acids is 1. The van der Waals surface area contributed by atoms with Gasteiger partial charge in [-0.05, 0) is 24.5 Å². The molecule has 7 nitrogen and oxygen atoms in total. The number of amides is 1. The molecule has 0 atom stereocenters. The molecule has 0 aliphatic rings. The van der Waals surface area contributed by atoms with Gasteiger partial charge in [-0.15, -0.1) is 0 Å². The van der Waals surface area contributed by atoms with Crippen LogP contribution in [0.3, 0.4) is 0 Å². The third-order valence-corrected chi connectivity index (χ3v) is 2.71. The van der Waals surface area contributed by atoms with Crippen molar-refractivity contribution >= 4 is 40.2 Å². The van der Waals surface area contributed by atoms with E-state index in [0.29, 0.717) is 5.69 Å². The summed E-state index contributed by atoms with van der Waals surface area (Å²) in [5.74, 6) is -1.47. The standard InChI is InChI=1S/C12H12N4O3S/c1-7(17)15-8-3-4-10(9(5-8)11(18)19)16-12(20-2)14-6-13/h3-5H,1-2H3,(H,14,16)(H,15,17)(H,18,19). The molecule has 1 rings (SSSR count). The first-order chi connectivity index (χ1) is 9.47. The van der Waals surface area contributed by atoms with Crippen LogP contribution in [0.25, 0.3) is 0 Å². The van der Waals surface area contributed by atoms with E-state index in [-0.39, 0.29) is 22.3 Å². The number of carboxylic acid groups (broad SMARTS) is 1. The molecule has 0 aromatic heterocycles. The number of benzene rings is 1. The van der Waals surface area contributed by atoms with E-state index >= 15 is 0 Å². The van der Waals surface area contributed by atoms with Crippen LogP contribution in [0.15, 0.2) is 23.2 Å². The van der Waals surface area contributed by atoms with Gasteiger partial charge >= 0.3 is 5.97 Å². The molecule has 20 heavy (non-hydrogen) atoms. The Bertz CT molecular complexity index is 607. The minimum absolute atomic E-state index is 0.0671. The summed E-state index contributed by atoms with van der Waals surface area (Å²) in [5.41, 5.74) is 0.494. The van der Waals surface area contributed by atoms with Crippen molar-refractivity contribution in [1.29, 1.82) is 5.26 Å². The molecule has 0 spiro atoms. The molecule has 0 aliphatic heterocycles. The van der Waals surface area contributed by atoms with Crippen LogP contribution in [-0.4, -0.2) is 28.4 Å². The molecule has 0 fully saturated rings. The lowest BCUT2D eigenvalue weighted by Gasteiger charge is -2.07. The summed E-state index contributed by atoms with van der Waals surface area (Å²) in [6.45, 7) is 1.33. The summed E-state index contributed by atoms with van der Waals surface area (Å²) >= 11 is 1.18. The molecule has 104 valence electrons. The minimum atomic E-state index is -1.17. The maximum atomic E-state index is 11.2. The molecule has 0 unspecified atom stereocenters. The monoisotopic (exact) mass is 292 g/mol. The van der Waals surface area contributed by atoms with Gasteiger partial charge in [0.1, 0.15) is 0 Å². The Kier molecular flexibility index (Phi) is 5.56. The van der Waals surface area contributed by atoms with E-state index in [4.69, 9.17) is 10.4 Å². The zero-order chi connectivity index (χ0) is 15.1. The van der Waals surface area contributed by atoms with Gasteiger partial charge in [0.25, 0.3) is 0 Å². The van der Waals surface area contributed by atoms with Crippen LogP contribution in [0.4, 0.5) is 11.4 Å². The van der Waals surface area contributed by atoms with Crippen molar-refractivity contribution in [2.24, 2.45) is 4.99 Å². The molecular weight excluding hydrogens is 280 g/mol. The number of aromatic carboxylic acids is 1. The number of nitrogens with zero attached hydrogens (tertiary/aromatic N) is 2. The first-order valence-corrected chi connectivity index (χ1v) is 6.63. The summed E-state index contributed by atoms with van der Waals surface area (Å²) < 4.78 is 0. The quantitative estimate of drug-likeness (QED) is 0.338. The second-order valence-corrected chi connectivity index (χ2v) is 4.37. The predicted octanol–water partition coefficient (Wildman–Crippen LogP) is 1.76.